The van der Waals surface area contributed by atoms with Crippen molar-refractivity contribution in [2.24, 2.45) is 0 Å². The molecule has 0 aromatic carbocycles. The van der Waals surface area contributed by atoms with Crippen LogP contribution in [0.25, 0.3) is 10.2 Å². The van der Waals surface area contributed by atoms with E-state index in [1.54, 1.807) is 12.1 Å². The fourth-order valence-corrected chi connectivity index (χ4v) is 4.49. The second kappa shape index (κ2) is 8.25. The third kappa shape index (κ3) is 3.91. The maximum Gasteiger partial charge on any atom is 0.281 e. The zero-order valence-electron chi connectivity index (χ0n) is 16.7. The number of thiophene rings is 1. The number of rotatable bonds is 3. The minimum Gasteiger partial charge on any atom is -0.397 e. The van der Waals surface area contributed by atoms with Crippen molar-refractivity contribution in [3.63, 3.8) is 0 Å². The summed E-state index contributed by atoms with van der Waals surface area (Å²) in [6, 6.07) is 5.37. The quantitative estimate of drug-likeness (QED) is 0.546. The average Bonchev–Trinajstić information content (AvgIpc) is 3.09. The molecule has 1 aliphatic heterocycles. The first-order valence-corrected chi connectivity index (χ1v) is 10.3. The Bertz CT molecular complexity index is 1110. The Kier molecular flexibility index (Phi) is 5.51. The molecule has 4 heterocycles. The van der Waals surface area contributed by atoms with Crippen LogP contribution in [0.1, 0.15) is 31.3 Å². The molecule has 0 aliphatic carbocycles. The van der Waals surface area contributed by atoms with Gasteiger partial charge >= 0.3 is 0 Å². The molecule has 4 rings (SSSR count). The number of fused-ring (bicyclic) bond motifs is 1. The van der Waals surface area contributed by atoms with Gasteiger partial charge in [-0.3, -0.25) is 20.4 Å². The lowest BCUT2D eigenvalue weighted by Crippen LogP contribution is -2.41. The lowest BCUT2D eigenvalue weighted by atomic mass is 10.1. The van der Waals surface area contributed by atoms with Crippen LogP contribution >= 0.6 is 11.3 Å². The molecule has 1 aliphatic rings. The molecule has 0 radical (unpaired) electrons. The average molecular weight is 427 g/mol. The fourth-order valence-electron chi connectivity index (χ4n) is 3.38. The van der Waals surface area contributed by atoms with E-state index in [1.165, 1.54) is 17.5 Å². The van der Waals surface area contributed by atoms with Gasteiger partial charge in [-0.15, -0.1) is 11.3 Å². The molecule has 9 nitrogen and oxygen atoms in total. The lowest BCUT2D eigenvalue weighted by Gasteiger charge is -2.27. The smallest absolute Gasteiger partial charge is 0.281 e. The topological polar surface area (TPSA) is 122 Å². The van der Waals surface area contributed by atoms with Crippen molar-refractivity contribution in [1.82, 2.24) is 20.8 Å². The number of nitrogens with zero attached hydrogens (tertiary/aromatic N) is 3. The van der Waals surface area contributed by atoms with Crippen LogP contribution < -0.4 is 21.5 Å². The van der Waals surface area contributed by atoms with Gasteiger partial charge in [-0.1, -0.05) is 0 Å². The summed E-state index contributed by atoms with van der Waals surface area (Å²) in [5.74, 6) is -0.164. The van der Waals surface area contributed by atoms with Gasteiger partial charge in [0.1, 0.15) is 15.5 Å². The number of carbonyl (C=O) groups excluding carboxylic acids is 2. The zero-order valence-corrected chi connectivity index (χ0v) is 17.5. The summed E-state index contributed by atoms with van der Waals surface area (Å²) in [5.41, 5.74) is 13.5. The molecule has 10 heteroatoms. The predicted octanol–water partition coefficient (Wildman–Crippen LogP) is 1.80. The first kappa shape index (κ1) is 20.0. The number of nitrogen functional groups attached to an aromatic ring is 1. The molecule has 2 amide bonds. The van der Waals surface area contributed by atoms with Crippen LogP contribution in [0.4, 0.5) is 11.5 Å². The molecular formula is C20H22N6O3S. The molecular weight excluding hydrogens is 404 g/mol. The van der Waals surface area contributed by atoms with Crippen LogP contribution in [-0.4, -0.2) is 48.1 Å². The van der Waals surface area contributed by atoms with E-state index in [2.05, 4.69) is 25.7 Å². The molecule has 30 heavy (non-hydrogen) atoms. The Balaban J connectivity index is 1.42. The van der Waals surface area contributed by atoms with E-state index >= 15 is 0 Å². The van der Waals surface area contributed by atoms with Crippen LogP contribution in [0.5, 0.6) is 0 Å². The summed E-state index contributed by atoms with van der Waals surface area (Å²) in [7, 11) is 0. The Morgan fingerprint density at radius 1 is 1.17 bits per heavy atom. The number of anilines is 2. The standard InChI is InChI=1S/C20H22N6O3S/c1-11-9-12(2)23-20-15(11)16(21)17(30-20)19(28)25-24-18(27)13-3-4-14(22-10-13)26-5-7-29-8-6-26/h3-4,9-10H,5-8,21H2,1-2H3,(H,24,27)(H,25,28). The van der Waals surface area contributed by atoms with Crippen LogP contribution in [0.15, 0.2) is 24.4 Å². The number of ether oxygens (including phenoxy) is 1. The molecule has 0 saturated carbocycles. The fraction of sp³-hybridized carbons (Fsp3) is 0.300. The number of nitrogens with one attached hydrogen (secondary N) is 2. The molecule has 0 atom stereocenters. The summed E-state index contributed by atoms with van der Waals surface area (Å²) >= 11 is 1.20. The second-order valence-corrected chi connectivity index (χ2v) is 8.02. The first-order chi connectivity index (χ1) is 14.4. The van der Waals surface area contributed by atoms with Gasteiger partial charge in [0.05, 0.1) is 24.5 Å². The number of carbonyl (C=O) groups is 2. The Labute approximate surface area is 177 Å². The number of amides is 2. The van der Waals surface area contributed by atoms with Gasteiger partial charge in [0.25, 0.3) is 11.8 Å². The van der Waals surface area contributed by atoms with E-state index in [-0.39, 0.29) is 0 Å². The minimum atomic E-state index is -0.487. The van der Waals surface area contributed by atoms with Gasteiger partial charge < -0.3 is 15.4 Å². The number of hydrazine groups is 1. The minimum absolute atomic E-state index is 0.312. The van der Waals surface area contributed by atoms with E-state index in [0.29, 0.717) is 34.2 Å². The van der Waals surface area contributed by atoms with Crippen LogP contribution in [-0.2, 0) is 4.74 Å². The highest BCUT2D eigenvalue weighted by atomic mass is 32.1. The first-order valence-electron chi connectivity index (χ1n) is 9.49. The number of hydrogen-bond donors (Lipinski definition) is 3. The second-order valence-electron chi connectivity index (χ2n) is 7.02. The lowest BCUT2D eigenvalue weighted by molar-refractivity contribution is 0.0849. The predicted molar refractivity (Wildman–Crippen MR) is 116 cm³/mol. The van der Waals surface area contributed by atoms with Gasteiger partial charge in [-0.25, -0.2) is 9.97 Å². The van der Waals surface area contributed by atoms with Crippen molar-refractivity contribution in [1.29, 1.82) is 0 Å². The molecule has 0 spiro atoms. The van der Waals surface area contributed by atoms with E-state index in [9.17, 15) is 9.59 Å². The van der Waals surface area contributed by atoms with Crippen molar-refractivity contribution >= 4 is 44.9 Å². The molecule has 1 fully saturated rings. The number of morpholine rings is 1. The van der Waals surface area contributed by atoms with E-state index in [1.807, 2.05) is 19.9 Å². The maximum atomic E-state index is 12.6. The molecule has 3 aromatic rings. The molecule has 156 valence electrons. The van der Waals surface area contributed by atoms with Crippen molar-refractivity contribution < 1.29 is 14.3 Å². The van der Waals surface area contributed by atoms with Crippen LogP contribution in [0.2, 0.25) is 0 Å². The highest BCUT2D eigenvalue weighted by molar-refractivity contribution is 7.21. The molecule has 1 saturated heterocycles. The summed E-state index contributed by atoms with van der Waals surface area (Å²) in [4.78, 5) is 36.8. The number of nitrogens with two attached hydrogens (primary N) is 1. The van der Waals surface area contributed by atoms with Gasteiger partial charge in [-0.2, -0.15) is 0 Å². The number of pyridine rings is 2. The Morgan fingerprint density at radius 3 is 2.60 bits per heavy atom. The SMILES string of the molecule is Cc1cc(C)c2c(N)c(C(=O)NNC(=O)c3ccc(N4CCOCC4)nc3)sc2n1. The number of aryl methyl sites for hydroxylation is 2. The molecule has 0 bridgehead atoms. The van der Waals surface area contributed by atoms with Crippen LogP contribution in [0, 0.1) is 13.8 Å². The van der Waals surface area contributed by atoms with Crippen molar-refractivity contribution in [2.45, 2.75) is 13.8 Å². The highest BCUT2D eigenvalue weighted by Gasteiger charge is 2.20. The maximum absolute atomic E-state index is 12.6. The Hall–Kier alpha value is -3.24. The van der Waals surface area contributed by atoms with Crippen molar-refractivity contribution in [3.8, 4) is 0 Å². The van der Waals surface area contributed by atoms with Gasteiger partial charge in [0.15, 0.2) is 0 Å². The summed E-state index contributed by atoms with van der Waals surface area (Å²) in [6.45, 7) is 6.66. The number of hydrogen-bond acceptors (Lipinski definition) is 8. The third-order valence-electron chi connectivity index (χ3n) is 4.87. The highest BCUT2D eigenvalue weighted by Crippen LogP contribution is 2.34. The van der Waals surface area contributed by atoms with Gasteiger partial charge in [0, 0.05) is 30.4 Å². The Morgan fingerprint density at radius 2 is 1.90 bits per heavy atom. The largest absolute Gasteiger partial charge is 0.397 e. The summed E-state index contributed by atoms with van der Waals surface area (Å²) in [5, 5.41) is 0.768. The molecule has 0 unspecified atom stereocenters. The third-order valence-corrected chi connectivity index (χ3v) is 5.96. The van der Waals surface area contributed by atoms with E-state index in [0.717, 1.165) is 35.6 Å². The van der Waals surface area contributed by atoms with Gasteiger partial charge in [-0.05, 0) is 37.6 Å². The van der Waals surface area contributed by atoms with E-state index in [4.69, 9.17) is 10.5 Å². The van der Waals surface area contributed by atoms with Crippen molar-refractivity contribution in [2.75, 3.05) is 36.9 Å². The summed E-state index contributed by atoms with van der Waals surface area (Å²) < 4.78 is 5.33. The molecule has 3 aromatic heterocycles. The van der Waals surface area contributed by atoms with E-state index < -0.39 is 11.8 Å². The number of aromatic nitrogens is 2. The van der Waals surface area contributed by atoms with Crippen molar-refractivity contribution in [3.05, 3.63) is 46.1 Å². The normalized spacial score (nSPS) is 14.0. The molecule has 4 N–H and O–H groups in total. The zero-order chi connectivity index (χ0) is 21.3. The summed E-state index contributed by atoms with van der Waals surface area (Å²) in [6.07, 6.45) is 1.48. The monoisotopic (exact) mass is 426 g/mol. The van der Waals surface area contributed by atoms with Crippen LogP contribution in [0.3, 0.4) is 0 Å². The van der Waals surface area contributed by atoms with Gasteiger partial charge in [0.2, 0.25) is 0 Å².